The summed E-state index contributed by atoms with van der Waals surface area (Å²) >= 11 is 0. The van der Waals surface area contributed by atoms with Crippen molar-refractivity contribution in [1.82, 2.24) is 0 Å². The molecule has 0 aliphatic carbocycles. The molecule has 252 valence electrons. The maximum Gasteiger partial charge on any atom is 0.201 e. The van der Waals surface area contributed by atoms with Crippen LogP contribution in [0.2, 0.25) is 0 Å². The van der Waals surface area contributed by atoms with Crippen LogP contribution in [0.4, 0.5) is 0 Å². The zero-order valence-electron chi connectivity index (χ0n) is 27.7. The van der Waals surface area contributed by atoms with E-state index in [-0.39, 0.29) is 63.4 Å². The molecule has 1 aliphatic rings. The van der Waals surface area contributed by atoms with E-state index in [1.807, 2.05) is 19.9 Å². The van der Waals surface area contributed by atoms with Crippen LogP contribution in [0.25, 0.3) is 22.3 Å². The van der Waals surface area contributed by atoms with Crippen molar-refractivity contribution in [1.29, 1.82) is 0 Å². The van der Waals surface area contributed by atoms with E-state index in [1.165, 1.54) is 36.4 Å². The molecule has 0 spiro atoms. The lowest BCUT2D eigenvalue weighted by Crippen LogP contribution is -2.21. The van der Waals surface area contributed by atoms with Gasteiger partial charge in [-0.2, -0.15) is 0 Å². The molecule has 0 radical (unpaired) electrons. The molecule has 4 aromatic carbocycles. The number of hydrogen-bond donors (Lipinski definition) is 6. The third-order valence-corrected chi connectivity index (χ3v) is 9.58. The molecule has 1 aromatic heterocycles. The third-order valence-electron chi connectivity index (χ3n) is 9.58. The van der Waals surface area contributed by atoms with Crippen LogP contribution in [-0.4, -0.2) is 43.0 Å². The smallest absolute Gasteiger partial charge is 0.201 e. The van der Waals surface area contributed by atoms with Gasteiger partial charge in [0.05, 0.1) is 23.3 Å². The zero-order valence-corrected chi connectivity index (χ0v) is 27.7. The lowest BCUT2D eigenvalue weighted by atomic mass is 9.81. The van der Waals surface area contributed by atoms with Crippen molar-refractivity contribution < 1.29 is 44.6 Å². The summed E-state index contributed by atoms with van der Waals surface area (Å²) in [6.45, 7) is 15.3. The molecule has 6 rings (SSSR count). The first-order valence-corrected chi connectivity index (χ1v) is 15.8. The van der Waals surface area contributed by atoms with E-state index in [1.54, 1.807) is 32.1 Å². The Balaban J connectivity index is 1.50. The molecule has 0 saturated heterocycles. The van der Waals surface area contributed by atoms with E-state index < -0.39 is 28.3 Å². The van der Waals surface area contributed by atoms with Gasteiger partial charge in [0.15, 0.2) is 0 Å². The highest BCUT2D eigenvalue weighted by molar-refractivity contribution is 6.21. The fourth-order valence-corrected chi connectivity index (χ4v) is 6.37. The van der Waals surface area contributed by atoms with E-state index in [0.29, 0.717) is 34.2 Å². The second-order valence-corrected chi connectivity index (χ2v) is 13.7. The molecule has 5 aromatic rings. The predicted octanol–water partition coefficient (Wildman–Crippen LogP) is 8.21. The van der Waals surface area contributed by atoms with Crippen LogP contribution in [0.15, 0.2) is 84.3 Å². The Morgan fingerprint density at radius 2 is 1.41 bits per heavy atom. The number of hydrogen-bond acceptors (Lipinski definition) is 9. The molecular formula is C40H38O9. The Morgan fingerprint density at radius 1 is 0.776 bits per heavy atom. The van der Waals surface area contributed by atoms with E-state index in [0.717, 1.165) is 11.6 Å². The number of benzene rings is 4. The highest BCUT2D eigenvalue weighted by Gasteiger charge is 2.33. The molecule has 2 heterocycles. The monoisotopic (exact) mass is 662 g/mol. The number of carbonyl (C=O) groups excluding carboxylic acids is 1. The summed E-state index contributed by atoms with van der Waals surface area (Å²) in [6.07, 6.45) is 3.79. The molecule has 0 saturated carbocycles. The van der Waals surface area contributed by atoms with Gasteiger partial charge >= 0.3 is 0 Å². The Morgan fingerprint density at radius 3 is 2.08 bits per heavy atom. The number of aromatic hydroxyl groups is 6. The van der Waals surface area contributed by atoms with Crippen molar-refractivity contribution in [2.75, 3.05) is 6.61 Å². The molecule has 9 nitrogen and oxygen atoms in total. The van der Waals surface area contributed by atoms with Crippen molar-refractivity contribution in [3.63, 3.8) is 0 Å². The van der Waals surface area contributed by atoms with Gasteiger partial charge in [-0.1, -0.05) is 39.8 Å². The van der Waals surface area contributed by atoms with Gasteiger partial charge in [0.1, 0.15) is 51.6 Å². The average molecular weight is 663 g/mol. The summed E-state index contributed by atoms with van der Waals surface area (Å²) in [6, 6.07) is 12.9. The molecule has 1 atom stereocenters. The minimum atomic E-state index is -0.758. The fraction of sp³-hybridized carbons (Fsp3) is 0.225. The molecule has 1 aliphatic heterocycles. The summed E-state index contributed by atoms with van der Waals surface area (Å²) in [5.74, 6) is -1.88. The maximum absolute atomic E-state index is 14.4. The summed E-state index contributed by atoms with van der Waals surface area (Å²) < 4.78 is 12.2. The number of rotatable bonds is 8. The second-order valence-electron chi connectivity index (χ2n) is 13.7. The number of phenolic OH excluding ortho intramolecular Hbond substituents is 6. The van der Waals surface area contributed by atoms with Crippen LogP contribution >= 0.6 is 0 Å². The standard InChI is InChI=1S/C40H38O9/c1-7-39(3,4)27-12-20-11-21(19-48-34(20)18-33(27)46)24-14-26(31(44)16-29(24)42)38-36(23-10-9-22(41)13-35(23)49-38)37(47)25-15-28(40(5,6)8-2)32(45)17-30(25)43/h7-10,12-18,21,41-46H,1-2,11,19H2,3-6H3/t21-/m1/s1. The van der Waals surface area contributed by atoms with Crippen molar-refractivity contribution in [2.45, 2.75) is 50.9 Å². The van der Waals surface area contributed by atoms with E-state index >= 15 is 0 Å². The van der Waals surface area contributed by atoms with Gasteiger partial charge in [-0.25, -0.2) is 0 Å². The van der Waals surface area contributed by atoms with Crippen LogP contribution < -0.4 is 4.74 Å². The Kier molecular flexibility index (Phi) is 7.90. The normalized spacial score (nSPS) is 14.7. The minimum absolute atomic E-state index is 0.0118. The van der Waals surface area contributed by atoms with Crippen molar-refractivity contribution in [3.05, 3.63) is 113 Å². The number of phenols is 6. The van der Waals surface area contributed by atoms with Gasteiger partial charge in [-0.3, -0.25) is 4.79 Å². The van der Waals surface area contributed by atoms with E-state index in [4.69, 9.17) is 9.15 Å². The topological polar surface area (TPSA) is 161 Å². The molecular weight excluding hydrogens is 624 g/mol. The SMILES string of the molecule is C=CC(C)(C)c1cc2c(cc1O)OC[C@H](c1cc(-c3oc4cc(O)ccc4c3C(=O)c3cc(C(C)(C)C=C)c(O)cc3O)c(O)cc1O)C2. The van der Waals surface area contributed by atoms with Crippen LogP contribution in [0.3, 0.4) is 0 Å². The Labute approximate surface area is 283 Å². The van der Waals surface area contributed by atoms with Crippen molar-refractivity contribution >= 4 is 16.8 Å². The molecule has 6 N–H and O–H groups in total. The van der Waals surface area contributed by atoms with Gasteiger partial charge in [0.2, 0.25) is 5.78 Å². The average Bonchev–Trinajstić information content (AvgIpc) is 3.42. The zero-order chi connectivity index (χ0) is 35.6. The first kappa shape index (κ1) is 33.1. The van der Waals surface area contributed by atoms with Crippen LogP contribution in [0, 0.1) is 0 Å². The first-order valence-electron chi connectivity index (χ1n) is 15.8. The number of carbonyl (C=O) groups is 1. The van der Waals surface area contributed by atoms with Gasteiger partial charge < -0.3 is 39.8 Å². The lowest BCUT2D eigenvalue weighted by molar-refractivity contribution is 0.103. The first-order chi connectivity index (χ1) is 23.1. The maximum atomic E-state index is 14.4. The van der Waals surface area contributed by atoms with E-state index in [9.17, 15) is 35.4 Å². The fourth-order valence-electron chi connectivity index (χ4n) is 6.37. The number of allylic oxidation sites excluding steroid dienone is 2. The molecule has 49 heavy (non-hydrogen) atoms. The highest BCUT2D eigenvalue weighted by Crippen LogP contribution is 2.47. The van der Waals surface area contributed by atoms with Gasteiger partial charge in [-0.05, 0) is 42.3 Å². The Hall–Kier alpha value is -5.83. The van der Waals surface area contributed by atoms with E-state index in [2.05, 4.69) is 13.2 Å². The quantitative estimate of drug-likeness (QED) is 0.0711. The molecule has 0 unspecified atom stereocenters. The Bertz CT molecular complexity index is 2180. The van der Waals surface area contributed by atoms with Crippen LogP contribution in [0.5, 0.6) is 40.2 Å². The summed E-state index contributed by atoms with van der Waals surface area (Å²) in [5, 5.41) is 65.1. The lowest BCUT2D eigenvalue weighted by Gasteiger charge is -2.29. The molecule has 0 amide bonds. The van der Waals surface area contributed by atoms with Crippen molar-refractivity contribution in [3.8, 4) is 51.6 Å². The summed E-state index contributed by atoms with van der Waals surface area (Å²) in [7, 11) is 0. The van der Waals surface area contributed by atoms with Gasteiger partial charge in [0, 0.05) is 63.1 Å². The third kappa shape index (κ3) is 5.61. The summed E-state index contributed by atoms with van der Waals surface area (Å²) in [5.41, 5.74) is 1.07. The number of fused-ring (bicyclic) bond motifs is 2. The molecule has 0 bridgehead atoms. The second kappa shape index (κ2) is 11.7. The molecule has 0 fully saturated rings. The number of ketones is 1. The van der Waals surface area contributed by atoms with Crippen LogP contribution in [0.1, 0.15) is 71.8 Å². The molecule has 9 heteroatoms. The van der Waals surface area contributed by atoms with Crippen LogP contribution in [-0.2, 0) is 17.3 Å². The number of furan rings is 1. The predicted molar refractivity (Wildman–Crippen MR) is 186 cm³/mol. The van der Waals surface area contributed by atoms with Gasteiger partial charge in [-0.15, -0.1) is 13.2 Å². The van der Waals surface area contributed by atoms with Gasteiger partial charge in [0.25, 0.3) is 0 Å². The van der Waals surface area contributed by atoms with Crippen molar-refractivity contribution in [2.24, 2.45) is 0 Å². The summed E-state index contributed by atoms with van der Waals surface area (Å²) in [4.78, 5) is 14.4. The minimum Gasteiger partial charge on any atom is -0.508 e. The highest BCUT2D eigenvalue weighted by atomic mass is 16.5. The largest absolute Gasteiger partial charge is 0.508 e. The number of ether oxygens (including phenoxy) is 1.